The lowest BCUT2D eigenvalue weighted by Gasteiger charge is -2.07. The highest BCUT2D eigenvalue weighted by molar-refractivity contribution is 6.32. The van der Waals surface area contributed by atoms with E-state index in [1.807, 2.05) is 6.92 Å². The maximum Gasteiger partial charge on any atom is 0.380 e. The molecular weight excluding hydrogens is 226 g/mol. The van der Waals surface area contributed by atoms with Gasteiger partial charge in [0, 0.05) is 12.2 Å². The molecule has 0 fully saturated rings. The van der Waals surface area contributed by atoms with Crippen molar-refractivity contribution >= 4 is 17.4 Å². The topological polar surface area (TPSA) is 34.9 Å². The summed E-state index contributed by atoms with van der Waals surface area (Å²) >= 11 is 4.62. The van der Waals surface area contributed by atoms with Crippen LogP contribution in [0, 0.1) is 6.92 Å². The molecule has 0 N–H and O–H groups in total. The van der Waals surface area contributed by atoms with Gasteiger partial charge in [0.1, 0.15) is 0 Å². The molecule has 0 unspecified atom stereocenters. The molecule has 6 heteroatoms. The van der Waals surface area contributed by atoms with Crippen LogP contribution in [0.1, 0.15) is 18.3 Å². The molecule has 0 aliphatic heterocycles. The number of alkyl halides is 3. The van der Waals surface area contributed by atoms with Crippen LogP contribution in [-0.4, -0.2) is 20.9 Å². The Kier molecular flexibility index (Phi) is 3.44. The van der Waals surface area contributed by atoms with Crippen molar-refractivity contribution in [3.63, 3.8) is 0 Å². The molecule has 1 heterocycles. The van der Waals surface area contributed by atoms with E-state index in [0.717, 1.165) is 0 Å². The van der Waals surface area contributed by atoms with Crippen molar-refractivity contribution in [3.05, 3.63) is 17.5 Å². The van der Waals surface area contributed by atoms with Gasteiger partial charge in [0.05, 0.1) is 12.1 Å². The molecule has 0 amide bonds. The van der Waals surface area contributed by atoms with Gasteiger partial charge >= 0.3 is 5.38 Å². The maximum absolute atomic E-state index is 12.4. The minimum Gasteiger partial charge on any atom is -0.291 e. The number of ketones is 1. The van der Waals surface area contributed by atoms with Crippen molar-refractivity contribution in [3.8, 4) is 0 Å². The second kappa shape index (κ2) is 4.26. The summed E-state index contributed by atoms with van der Waals surface area (Å²) in [5.74, 6) is -1.31. The van der Waals surface area contributed by atoms with Gasteiger partial charge < -0.3 is 0 Å². The third-order valence-electron chi connectivity index (χ3n) is 1.94. The SMILES string of the molecule is CCn1nc(C)cc1CC(=O)C(F)(F)Cl. The normalized spacial score (nSPS) is 11.8. The van der Waals surface area contributed by atoms with Gasteiger partial charge in [-0.25, -0.2) is 0 Å². The van der Waals surface area contributed by atoms with Crippen LogP contribution in [0.25, 0.3) is 0 Å². The largest absolute Gasteiger partial charge is 0.380 e. The molecule has 15 heavy (non-hydrogen) atoms. The zero-order valence-corrected chi connectivity index (χ0v) is 9.18. The Hall–Kier alpha value is -0.970. The van der Waals surface area contributed by atoms with E-state index in [1.54, 1.807) is 13.0 Å². The number of carbonyl (C=O) groups is 1. The van der Waals surface area contributed by atoms with E-state index in [-0.39, 0.29) is 0 Å². The second-order valence-corrected chi connectivity index (χ2v) is 3.67. The summed E-state index contributed by atoms with van der Waals surface area (Å²) in [7, 11) is 0. The molecule has 3 nitrogen and oxygen atoms in total. The highest BCUT2D eigenvalue weighted by Crippen LogP contribution is 2.22. The molecule has 0 aliphatic rings. The zero-order chi connectivity index (χ0) is 11.6. The summed E-state index contributed by atoms with van der Waals surface area (Å²) in [5.41, 5.74) is 1.15. The third-order valence-corrected chi connectivity index (χ3v) is 2.15. The van der Waals surface area contributed by atoms with Gasteiger partial charge in [-0.15, -0.1) is 0 Å². The summed E-state index contributed by atoms with van der Waals surface area (Å²) < 4.78 is 26.4. The molecule has 1 aromatic rings. The monoisotopic (exact) mass is 236 g/mol. The van der Waals surface area contributed by atoms with Crippen molar-refractivity contribution in [2.75, 3.05) is 0 Å². The van der Waals surface area contributed by atoms with Crippen LogP contribution in [0.4, 0.5) is 8.78 Å². The van der Waals surface area contributed by atoms with Gasteiger partial charge in [0.25, 0.3) is 0 Å². The quantitative estimate of drug-likeness (QED) is 0.751. The van der Waals surface area contributed by atoms with Crippen LogP contribution in [0.5, 0.6) is 0 Å². The Morgan fingerprint density at radius 3 is 2.73 bits per heavy atom. The molecule has 1 aromatic heterocycles. The number of halogens is 3. The number of carbonyl (C=O) groups excluding carboxylic acids is 1. The van der Waals surface area contributed by atoms with Gasteiger partial charge in [-0.2, -0.15) is 13.9 Å². The van der Waals surface area contributed by atoms with Gasteiger partial charge in [0.15, 0.2) is 0 Å². The Bertz CT molecular complexity index is 371. The smallest absolute Gasteiger partial charge is 0.291 e. The van der Waals surface area contributed by atoms with Crippen LogP contribution in [0.2, 0.25) is 0 Å². The van der Waals surface area contributed by atoms with Crippen LogP contribution < -0.4 is 0 Å². The molecule has 0 radical (unpaired) electrons. The Morgan fingerprint density at radius 2 is 2.27 bits per heavy atom. The number of aromatic nitrogens is 2. The van der Waals surface area contributed by atoms with Crippen LogP contribution >= 0.6 is 11.6 Å². The molecule has 0 aliphatic carbocycles. The maximum atomic E-state index is 12.4. The molecular formula is C9H11ClF2N2O. The van der Waals surface area contributed by atoms with Crippen molar-refractivity contribution in [1.82, 2.24) is 9.78 Å². The zero-order valence-electron chi connectivity index (χ0n) is 8.43. The van der Waals surface area contributed by atoms with E-state index >= 15 is 0 Å². The molecule has 0 spiro atoms. The minimum absolute atomic E-state index is 0.398. The highest BCUT2D eigenvalue weighted by atomic mass is 35.5. The molecule has 0 saturated heterocycles. The van der Waals surface area contributed by atoms with Gasteiger partial charge in [-0.1, -0.05) is 0 Å². The standard InChI is InChI=1S/C9H11ClF2N2O/c1-3-14-7(4-6(2)13-14)5-8(15)9(10,11)12/h4H,3,5H2,1-2H3. The Morgan fingerprint density at radius 1 is 1.67 bits per heavy atom. The van der Waals surface area contributed by atoms with E-state index in [2.05, 4.69) is 16.7 Å². The lowest BCUT2D eigenvalue weighted by molar-refractivity contribution is -0.132. The van der Waals surface area contributed by atoms with Crippen LogP contribution in [-0.2, 0) is 17.8 Å². The number of aryl methyl sites for hydroxylation is 2. The lowest BCUT2D eigenvalue weighted by Crippen LogP contribution is -2.24. The van der Waals surface area contributed by atoms with Crippen molar-refractivity contribution in [1.29, 1.82) is 0 Å². The summed E-state index contributed by atoms with van der Waals surface area (Å²) in [6.07, 6.45) is -0.398. The van der Waals surface area contributed by atoms with Crippen molar-refractivity contribution in [2.24, 2.45) is 0 Å². The number of nitrogens with zero attached hydrogens (tertiary/aromatic N) is 2. The Balaban J connectivity index is 2.85. The number of hydrogen-bond acceptors (Lipinski definition) is 2. The van der Waals surface area contributed by atoms with E-state index in [0.29, 0.717) is 17.9 Å². The molecule has 1 rings (SSSR count). The van der Waals surface area contributed by atoms with E-state index in [1.165, 1.54) is 4.68 Å². The molecule has 0 bridgehead atoms. The van der Waals surface area contributed by atoms with Crippen LogP contribution in [0.3, 0.4) is 0 Å². The Labute approximate surface area is 91.0 Å². The second-order valence-electron chi connectivity index (χ2n) is 3.19. The third kappa shape index (κ3) is 2.99. The molecule has 84 valence electrons. The van der Waals surface area contributed by atoms with Gasteiger partial charge in [-0.05, 0) is 31.5 Å². The summed E-state index contributed by atoms with van der Waals surface area (Å²) in [4.78, 5) is 11.0. The highest BCUT2D eigenvalue weighted by Gasteiger charge is 2.35. The first-order valence-electron chi connectivity index (χ1n) is 4.48. The fourth-order valence-electron chi connectivity index (χ4n) is 1.28. The lowest BCUT2D eigenvalue weighted by atomic mass is 10.2. The van der Waals surface area contributed by atoms with E-state index in [9.17, 15) is 13.6 Å². The van der Waals surface area contributed by atoms with Gasteiger partial charge in [0.2, 0.25) is 5.78 Å². The number of Topliss-reactive ketones (excluding diaryl/α,β-unsaturated/α-hetero) is 1. The van der Waals surface area contributed by atoms with Crippen LogP contribution in [0.15, 0.2) is 6.07 Å². The molecule has 0 saturated carbocycles. The van der Waals surface area contributed by atoms with E-state index < -0.39 is 17.6 Å². The minimum atomic E-state index is -3.79. The molecule has 0 aromatic carbocycles. The summed E-state index contributed by atoms with van der Waals surface area (Å²) in [6, 6.07) is 1.60. The summed E-state index contributed by atoms with van der Waals surface area (Å²) in [6.45, 7) is 4.09. The first-order valence-corrected chi connectivity index (χ1v) is 4.85. The number of rotatable bonds is 4. The predicted octanol–water partition coefficient (Wildman–Crippen LogP) is 2.15. The fourth-order valence-corrected chi connectivity index (χ4v) is 1.35. The van der Waals surface area contributed by atoms with E-state index in [4.69, 9.17) is 0 Å². The molecule has 0 atom stereocenters. The van der Waals surface area contributed by atoms with Crippen molar-refractivity contribution < 1.29 is 13.6 Å². The van der Waals surface area contributed by atoms with Crippen molar-refractivity contribution in [2.45, 2.75) is 32.2 Å². The average molecular weight is 237 g/mol. The van der Waals surface area contributed by atoms with Gasteiger partial charge in [-0.3, -0.25) is 9.48 Å². The first kappa shape index (κ1) is 12.1. The predicted molar refractivity (Wildman–Crippen MR) is 52.1 cm³/mol. The first-order chi connectivity index (χ1) is 6.84. The average Bonchev–Trinajstić information content (AvgIpc) is 2.44. The number of hydrogen-bond donors (Lipinski definition) is 0. The fraction of sp³-hybridized carbons (Fsp3) is 0.556. The summed E-state index contributed by atoms with van der Waals surface area (Å²) in [5, 5.41) is 0.246.